The number of amides is 5. The maximum absolute atomic E-state index is 14.5. The van der Waals surface area contributed by atoms with Gasteiger partial charge in [-0.05, 0) is 168 Å². The molecule has 13 N–H and O–H groups in total. The largest absolute Gasteiger partial charge is 0.497 e. The summed E-state index contributed by atoms with van der Waals surface area (Å²) in [6, 6.07) is 48.7. The van der Waals surface area contributed by atoms with Gasteiger partial charge in [-0.3, -0.25) is 38.2 Å². The Hall–Kier alpha value is -11.1. The van der Waals surface area contributed by atoms with Gasteiger partial charge in [-0.25, -0.2) is 36.4 Å². The average molecular weight is 1970 g/mol. The zero-order valence-electron chi connectivity index (χ0n) is 76.7. The van der Waals surface area contributed by atoms with Gasteiger partial charge < -0.3 is 76.8 Å². The number of carboxylic acids is 3. The average Bonchev–Trinajstić information content (AvgIpc) is 1.55. The van der Waals surface area contributed by atoms with Crippen molar-refractivity contribution in [1.82, 2.24) is 40.3 Å². The summed E-state index contributed by atoms with van der Waals surface area (Å²) in [5.41, 5.74) is 3.38. The van der Waals surface area contributed by atoms with E-state index in [1.807, 2.05) is 226 Å². The number of carboxylic acid groups (broad SMARTS) is 3. The number of carbonyl (C=O) groups excluding carboxylic acids is 5. The number of nitrogens with two attached hydrogens (primary N) is 1. The van der Waals surface area contributed by atoms with Gasteiger partial charge in [0.2, 0.25) is 49.5 Å². The second kappa shape index (κ2) is 46.0. The number of rotatable bonds is 28. The number of nitrogens with zero attached hydrogens (tertiary/aromatic N) is 3. The van der Waals surface area contributed by atoms with Gasteiger partial charge in [-0.1, -0.05) is 184 Å². The Kier molecular flexibility index (Phi) is 37.6. The molecule has 6 aliphatic rings. The third kappa shape index (κ3) is 29.7. The topological polar surface area (TPSA) is 454 Å². The molecule has 0 radical (unpaired) electrons. The number of benzene rings is 6. The zero-order chi connectivity index (χ0) is 95.7. The SMILES string of the molecule is Brc1ccccc1.C=C[C@@H]1C[C@]1(NC(=O)[C@@H]1C[C@@H](Oc2nccc3cc(OC)ccc23)CN1)C(=O)NS(=O)(=O)C1CC1.C=C[C@@H]1C[C@]1(NC(=O)[C@@H]1C[C@@H](Oc2nccc3cc(OC)ccc23)CN1C(=O)C(Nc1ccccc1)C(C)(C)C)C(=O)NS(=O)(=O)C1CC1.CC(C)(C)C(Nc1ccccc1)C(=O)O.CC(C)(C)C(Nc1ccccc1)C(=O)O.CC(C)(C)[C@H](N)C(=O)O.Cl.Cl. The van der Waals surface area contributed by atoms with E-state index in [2.05, 4.69) is 80.4 Å². The zero-order valence-corrected chi connectivity index (χ0v) is 81.5. The summed E-state index contributed by atoms with van der Waals surface area (Å²) in [6.45, 7) is 30.6. The Morgan fingerprint density at radius 3 is 1.20 bits per heavy atom. The van der Waals surface area contributed by atoms with Crippen molar-refractivity contribution >= 4 is 147 Å². The normalized spacial score (nSPS) is 20.8. The van der Waals surface area contributed by atoms with E-state index in [1.54, 1.807) is 59.5 Å². The number of halogens is 3. The number of hydrogen-bond acceptors (Lipinski definition) is 23. The predicted molar refractivity (Wildman–Crippen MR) is 519 cm³/mol. The lowest BCUT2D eigenvalue weighted by molar-refractivity contribution is -0.141. The number of aromatic nitrogens is 2. The Morgan fingerprint density at radius 1 is 0.515 bits per heavy atom. The minimum atomic E-state index is -3.86. The van der Waals surface area contributed by atoms with E-state index in [9.17, 15) is 55.2 Å². The van der Waals surface area contributed by atoms with Crippen molar-refractivity contribution in [3.8, 4) is 23.3 Å². The molecule has 0 spiro atoms. The lowest BCUT2D eigenvalue weighted by Crippen LogP contribution is -2.58. The number of hydrogen-bond donors (Lipinski definition) is 12. The maximum Gasteiger partial charge on any atom is 0.326 e. The molecule has 2 saturated heterocycles. The van der Waals surface area contributed by atoms with Crippen LogP contribution < -0.4 is 66.0 Å². The highest BCUT2D eigenvalue weighted by molar-refractivity contribution is 9.10. The van der Waals surface area contributed by atoms with Crippen LogP contribution in [0.25, 0.3) is 21.5 Å². The van der Waals surface area contributed by atoms with E-state index in [0.717, 1.165) is 48.8 Å². The lowest BCUT2D eigenvalue weighted by Gasteiger charge is -2.36. The fraction of sp³-hybridized carbons (Fsp3) is 0.438. The number of carbonyl (C=O) groups is 8. The number of likely N-dealkylation sites (tertiary alicyclic amines) is 1. The van der Waals surface area contributed by atoms with E-state index in [-0.39, 0.29) is 84.3 Å². The van der Waals surface area contributed by atoms with E-state index in [0.29, 0.717) is 62.6 Å². The first-order chi connectivity index (χ1) is 61.1. The second-order valence-electron chi connectivity index (χ2n) is 37.3. The highest BCUT2D eigenvalue weighted by Gasteiger charge is 2.63. The molecule has 4 heterocycles. The van der Waals surface area contributed by atoms with Gasteiger partial charge in [0.05, 0.1) is 37.3 Å². The van der Waals surface area contributed by atoms with Gasteiger partial charge in [0.1, 0.15) is 65.0 Å². The summed E-state index contributed by atoms with van der Waals surface area (Å²) in [5, 5.41) is 47.0. The second-order valence-corrected chi connectivity index (χ2v) is 42.1. The highest BCUT2D eigenvalue weighted by atomic mass is 79.9. The van der Waals surface area contributed by atoms with Gasteiger partial charge in [0.25, 0.3) is 11.8 Å². The fourth-order valence-electron chi connectivity index (χ4n) is 14.4. The summed E-state index contributed by atoms with van der Waals surface area (Å²) in [5.74, 6) is -3.94. The number of para-hydroxylation sites is 3. The minimum Gasteiger partial charge on any atom is -0.497 e. The molecular weight excluding hydrogens is 1840 g/mol. The summed E-state index contributed by atoms with van der Waals surface area (Å²) in [7, 11) is -4.38. The van der Waals surface area contributed by atoms with Crippen LogP contribution in [0.1, 0.15) is 134 Å². The van der Waals surface area contributed by atoms with Crippen LogP contribution in [0, 0.1) is 33.5 Å². The molecule has 4 aliphatic carbocycles. The molecule has 3 unspecified atom stereocenters. The molecule has 6 aromatic carbocycles. The molecule has 36 heteroatoms. The van der Waals surface area contributed by atoms with E-state index in [1.165, 1.54) is 11.0 Å². The Balaban J connectivity index is 0.000000247. The minimum absolute atomic E-state index is 0. The standard InChI is InChI=1S/C36H43N5O7S.C24H28N4O6S.2C12H17NO2.C6H5Br.C6H13NO2.2ClH/c1-6-23-20-36(23,34(44)40-49(45,46)27-13-14-27)39-31(42)29-19-26(48-32-28-15-12-25(47-5)18-22(28)16-17-37-32)21-41(29)33(43)30(35(2,3)4)38-24-10-8-7-9-11-24;1-3-15-12-24(15,23(30)28-35(31,32)18-5-6-18)27-21(29)20-11-17(13-26-20)34-22-19-7-4-16(33-2)10-14(19)8-9-25-22;2*1-12(2,3)10(11(14)15)13-9-7-5-4-6-8-9;7-6-4-2-1-3-5-6;1-6(2,3)4(7)5(8)9;;/h6-12,15-18,23,26-27,29-30,38H,1,13-14,19-21H2,2-5H3,(H,39,42)(H,40,44);3-4,7-10,15,17-18,20,26H,1,5-6,11-13H2,2H3,(H,27,29)(H,28,30);2*4-8,10,13H,1-3H3,(H,14,15);1-5H;4H,7H2,1-3H3,(H,8,9);2*1H/t23-,26-,29+,30?,36-;15-,17-,20+,24-;;;;4-;;/m11...1../s1. The van der Waals surface area contributed by atoms with Crippen LogP contribution in [0.4, 0.5) is 17.1 Å². The Morgan fingerprint density at radius 2 is 0.886 bits per heavy atom. The molecule has 6 fully saturated rings. The third-order valence-corrected chi connectivity index (χ3v) is 26.9. The Bertz CT molecular complexity index is 5490. The number of anilines is 3. The molecule has 0 bridgehead atoms. The van der Waals surface area contributed by atoms with Crippen molar-refractivity contribution in [1.29, 1.82) is 0 Å². The Labute approximate surface area is 793 Å². The van der Waals surface area contributed by atoms with Gasteiger partial charge >= 0.3 is 17.9 Å². The third-order valence-electron chi connectivity index (χ3n) is 22.7. The predicted octanol–water partition coefficient (Wildman–Crippen LogP) is 13.7. The van der Waals surface area contributed by atoms with E-state index < -0.39 is 131 Å². The molecule has 716 valence electrons. The first kappa shape index (κ1) is 108. The summed E-state index contributed by atoms with van der Waals surface area (Å²) in [4.78, 5) is 111. The van der Waals surface area contributed by atoms with Gasteiger partial charge in [-0.2, -0.15) is 0 Å². The summed E-state index contributed by atoms with van der Waals surface area (Å²) < 4.78 is 78.5. The molecule has 5 amide bonds. The lowest BCUT2D eigenvalue weighted by atomic mass is 9.85. The number of pyridine rings is 2. The van der Waals surface area contributed by atoms with Gasteiger partial charge in [0.15, 0.2) is 0 Å². The molecule has 2 aromatic heterocycles. The molecule has 14 rings (SSSR count). The van der Waals surface area contributed by atoms with Crippen LogP contribution in [-0.2, 0) is 58.4 Å². The smallest absolute Gasteiger partial charge is 0.326 e. The van der Waals surface area contributed by atoms with Crippen LogP contribution in [-0.4, -0.2) is 192 Å². The van der Waals surface area contributed by atoms with Gasteiger partial charge in [0, 0.05) is 75.9 Å². The molecule has 31 nitrogen and oxygen atoms in total. The number of aliphatic carboxylic acids is 3. The van der Waals surface area contributed by atoms with Crippen molar-refractivity contribution in [2.75, 3.05) is 43.3 Å². The molecular formula is C96H125BrCl2N12O19S2. The van der Waals surface area contributed by atoms with Crippen molar-refractivity contribution in [3.63, 3.8) is 0 Å². The highest BCUT2D eigenvalue weighted by Crippen LogP contribution is 2.47. The van der Waals surface area contributed by atoms with Crippen molar-refractivity contribution < 1.29 is 89.5 Å². The first-order valence-electron chi connectivity index (χ1n) is 42.9. The van der Waals surface area contributed by atoms with Gasteiger partial charge in [-0.15, -0.1) is 38.0 Å². The molecule has 4 saturated carbocycles. The number of sulfonamides is 2. The van der Waals surface area contributed by atoms with Crippen LogP contribution in [0.2, 0.25) is 0 Å². The summed E-state index contributed by atoms with van der Waals surface area (Å²) in [6.07, 6.45) is 8.50. The van der Waals surface area contributed by atoms with Crippen LogP contribution >= 0.6 is 40.7 Å². The monoisotopic (exact) mass is 1960 g/mol. The quantitative estimate of drug-likeness (QED) is 0.0203. The number of nitrogens with one attached hydrogen (secondary N) is 8. The van der Waals surface area contributed by atoms with E-state index >= 15 is 0 Å². The fourth-order valence-corrected chi connectivity index (χ4v) is 17.5. The van der Waals surface area contributed by atoms with E-state index in [4.69, 9.17) is 40.0 Å². The first-order valence-corrected chi connectivity index (χ1v) is 46.8. The van der Waals surface area contributed by atoms with Crippen LogP contribution in [0.5, 0.6) is 23.3 Å². The number of fused-ring (bicyclic) bond motifs is 2. The molecule has 12 atom stereocenters. The van der Waals surface area contributed by atoms with Crippen molar-refractivity contribution in [2.24, 2.45) is 39.2 Å². The van der Waals surface area contributed by atoms with Crippen molar-refractivity contribution in [2.45, 2.75) is 204 Å². The maximum atomic E-state index is 14.5. The molecule has 132 heavy (non-hydrogen) atoms. The van der Waals surface area contributed by atoms with Crippen LogP contribution in [0.3, 0.4) is 0 Å². The van der Waals surface area contributed by atoms with Crippen molar-refractivity contribution in [3.05, 3.63) is 212 Å². The molecule has 2 aliphatic heterocycles. The van der Waals surface area contributed by atoms with Crippen LogP contribution in [0.15, 0.2) is 212 Å². The molecule has 8 aromatic rings. The number of ether oxygens (including phenoxy) is 4. The number of methoxy groups -OCH3 is 2. The summed E-state index contributed by atoms with van der Waals surface area (Å²) >= 11 is 3.31.